The minimum atomic E-state index is -0.181. The van der Waals surface area contributed by atoms with Gasteiger partial charge >= 0.3 is 5.97 Å². The molecule has 3 aliphatic rings. The second-order valence-electron chi connectivity index (χ2n) is 12.2. The molecular weight excluding hydrogens is 404 g/mol. The van der Waals surface area contributed by atoms with E-state index >= 15 is 0 Å². The summed E-state index contributed by atoms with van der Waals surface area (Å²) in [5, 5.41) is 0. The van der Waals surface area contributed by atoms with E-state index in [-0.39, 0.29) is 16.8 Å². The lowest BCUT2D eigenvalue weighted by molar-refractivity contribution is -0.175. The first kappa shape index (κ1) is 27.1. The molecule has 0 saturated heterocycles. The highest BCUT2D eigenvalue weighted by Crippen LogP contribution is 2.61. The number of hydrogen-bond acceptors (Lipinski definition) is 2. The van der Waals surface area contributed by atoms with Crippen molar-refractivity contribution in [1.29, 1.82) is 0 Å². The summed E-state index contributed by atoms with van der Waals surface area (Å²) in [5.41, 5.74) is 0.0347. The summed E-state index contributed by atoms with van der Waals surface area (Å²) in [6.45, 7) is 5.23. The predicted molar refractivity (Wildman–Crippen MR) is 140 cm³/mol. The second-order valence-corrected chi connectivity index (χ2v) is 12.2. The Hall–Kier alpha value is -0.530. The lowest BCUT2D eigenvalue weighted by Crippen LogP contribution is -2.52. The van der Waals surface area contributed by atoms with Crippen LogP contribution in [-0.2, 0) is 9.53 Å². The maximum absolute atomic E-state index is 13.9. The molecule has 0 radical (unpaired) electrons. The molecule has 3 fully saturated rings. The smallest absolute Gasteiger partial charge is 0.312 e. The summed E-state index contributed by atoms with van der Waals surface area (Å²) in [4.78, 5) is 13.9. The number of unbranched alkanes of at least 4 members (excludes halogenated alkanes) is 6. The molecule has 192 valence electrons. The van der Waals surface area contributed by atoms with Gasteiger partial charge in [-0.25, -0.2) is 0 Å². The summed E-state index contributed by atoms with van der Waals surface area (Å²) < 4.78 is 6.15. The van der Waals surface area contributed by atoms with E-state index in [1.807, 2.05) is 0 Å². The topological polar surface area (TPSA) is 26.3 Å². The van der Waals surface area contributed by atoms with Gasteiger partial charge in [-0.15, -0.1) is 0 Å². The molecule has 0 atom stereocenters. The van der Waals surface area contributed by atoms with E-state index in [4.69, 9.17) is 4.74 Å². The highest BCUT2D eigenvalue weighted by molar-refractivity contribution is 5.78. The summed E-state index contributed by atoms with van der Waals surface area (Å²) in [7, 11) is 0. The minimum absolute atomic E-state index is 0.181. The largest absolute Gasteiger partial charge is 0.465 e. The van der Waals surface area contributed by atoms with E-state index in [0.29, 0.717) is 6.61 Å². The number of ether oxygens (including phenoxy) is 1. The van der Waals surface area contributed by atoms with Crippen molar-refractivity contribution in [2.75, 3.05) is 6.61 Å². The van der Waals surface area contributed by atoms with Crippen LogP contribution in [0.2, 0.25) is 0 Å². The number of rotatable bonds is 13. The standard InChI is InChI=1S/C31H56O2/c1-3-5-7-8-16-26-33-29(32)31(22-14-10-15-23-31)30(21-13-6-4-2)24-19-28(20-25-30)27-17-11-9-12-18-27/h27-28H,3-26H2,1-2H3/t28-,30+. The fourth-order valence-electron chi connectivity index (χ4n) is 8.07. The Bertz CT molecular complexity index is 533. The van der Waals surface area contributed by atoms with Crippen molar-refractivity contribution >= 4 is 5.97 Å². The third-order valence-electron chi connectivity index (χ3n) is 10.2. The van der Waals surface area contributed by atoms with Crippen molar-refractivity contribution in [1.82, 2.24) is 0 Å². The van der Waals surface area contributed by atoms with Crippen molar-refractivity contribution in [3.8, 4) is 0 Å². The van der Waals surface area contributed by atoms with E-state index < -0.39 is 0 Å². The van der Waals surface area contributed by atoms with E-state index in [0.717, 1.165) is 31.1 Å². The maximum atomic E-state index is 13.9. The highest BCUT2D eigenvalue weighted by Gasteiger charge is 2.57. The third-order valence-corrected chi connectivity index (χ3v) is 10.2. The molecule has 0 N–H and O–H groups in total. The van der Waals surface area contributed by atoms with Gasteiger partial charge in [0.25, 0.3) is 0 Å². The SMILES string of the molecule is CCCCCCCOC(=O)C1([C@]2(CCCCC)CC[C@H](C3CCCCC3)CC2)CCCCC1. The lowest BCUT2D eigenvalue weighted by Gasteiger charge is -2.55. The molecule has 3 aliphatic carbocycles. The van der Waals surface area contributed by atoms with Crippen molar-refractivity contribution in [3.63, 3.8) is 0 Å². The lowest BCUT2D eigenvalue weighted by atomic mass is 9.49. The van der Waals surface area contributed by atoms with E-state index in [2.05, 4.69) is 13.8 Å². The van der Waals surface area contributed by atoms with Crippen molar-refractivity contribution < 1.29 is 9.53 Å². The van der Waals surface area contributed by atoms with Crippen molar-refractivity contribution in [3.05, 3.63) is 0 Å². The van der Waals surface area contributed by atoms with Gasteiger partial charge < -0.3 is 4.74 Å². The highest BCUT2D eigenvalue weighted by atomic mass is 16.5. The summed E-state index contributed by atoms with van der Waals surface area (Å²) in [6.07, 6.45) is 29.9. The monoisotopic (exact) mass is 460 g/mol. The Kier molecular flexibility index (Phi) is 11.6. The first-order valence-electron chi connectivity index (χ1n) is 15.3. The average Bonchev–Trinajstić information content (AvgIpc) is 2.87. The molecule has 0 spiro atoms. The average molecular weight is 461 g/mol. The van der Waals surface area contributed by atoms with Crippen LogP contribution in [-0.4, -0.2) is 12.6 Å². The number of carbonyl (C=O) groups excluding carboxylic acids is 1. The van der Waals surface area contributed by atoms with Gasteiger partial charge in [-0.05, 0) is 68.6 Å². The fraction of sp³-hybridized carbons (Fsp3) is 0.968. The van der Waals surface area contributed by atoms with Crippen LogP contribution in [0.25, 0.3) is 0 Å². The summed E-state index contributed by atoms with van der Waals surface area (Å²) in [5.74, 6) is 2.12. The van der Waals surface area contributed by atoms with Crippen LogP contribution in [0, 0.1) is 22.7 Å². The number of hydrogen-bond donors (Lipinski definition) is 0. The molecule has 2 nitrogen and oxygen atoms in total. The molecule has 0 unspecified atom stereocenters. The van der Waals surface area contributed by atoms with Gasteiger partial charge in [0.2, 0.25) is 0 Å². The van der Waals surface area contributed by atoms with Crippen LogP contribution in [0.4, 0.5) is 0 Å². The van der Waals surface area contributed by atoms with Gasteiger partial charge in [-0.1, -0.05) is 110 Å². The Labute approximate surface area is 206 Å². The summed E-state index contributed by atoms with van der Waals surface area (Å²) in [6, 6.07) is 0. The van der Waals surface area contributed by atoms with Crippen LogP contribution in [0.15, 0.2) is 0 Å². The third kappa shape index (κ3) is 7.00. The minimum Gasteiger partial charge on any atom is -0.465 e. The number of carbonyl (C=O) groups is 1. The Morgan fingerprint density at radius 1 is 0.667 bits per heavy atom. The van der Waals surface area contributed by atoms with Gasteiger partial charge in [0.1, 0.15) is 0 Å². The van der Waals surface area contributed by atoms with Gasteiger partial charge in [0, 0.05) is 0 Å². The van der Waals surface area contributed by atoms with Gasteiger partial charge in [-0.3, -0.25) is 4.79 Å². The Morgan fingerprint density at radius 3 is 1.91 bits per heavy atom. The molecule has 0 heterocycles. The molecule has 0 aromatic carbocycles. The molecule has 0 aliphatic heterocycles. The van der Waals surface area contributed by atoms with Crippen molar-refractivity contribution in [2.45, 2.75) is 162 Å². The zero-order valence-electron chi connectivity index (χ0n) is 22.4. The van der Waals surface area contributed by atoms with Gasteiger partial charge in [-0.2, -0.15) is 0 Å². The molecule has 33 heavy (non-hydrogen) atoms. The van der Waals surface area contributed by atoms with Gasteiger partial charge in [0.15, 0.2) is 0 Å². The van der Waals surface area contributed by atoms with Crippen LogP contribution >= 0.6 is 0 Å². The first-order valence-corrected chi connectivity index (χ1v) is 15.3. The quantitative estimate of drug-likeness (QED) is 0.202. The number of esters is 1. The molecule has 0 bridgehead atoms. The van der Waals surface area contributed by atoms with Crippen LogP contribution < -0.4 is 0 Å². The molecule has 0 amide bonds. The van der Waals surface area contributed by atoms with Crippen LogP contribution in [0.3, 0.4) is 0 Å². The Balaban J connectivity index is 1.69. The first-order chi connectivity index (χ1) is 16.2. The Morgan fingerprint density at radius 2 is 1.24 bits per heavy atom. The zero-order valence-corrected chi connectivity index (χ0v) is 22.4. The van der Waals surface area contributed by atoms with E-state index in [9.17, 15) is 4.79 Å². The van der Waals surface area contributed by atoms with E-state index in [1.54, 1.807) is 0 Å². The zero-order chi connectivity index (χ0) is 23.4. The van der Waals surface area contributed by atoms with Gasteiger partial charge in [0.05, 0.1) is 12.0 Å². The predicted octanol–water partition coefficient (Wildman–Crippen LogP) is 9.79. The van der Waals surface area contributed by atoms with E-state index in [1.165, 1.54) is 128 Å². The molecule has 0 aromatic rings. The van der Waals surface area contributed by atoms with Crippen LogP contribution in [0.1, 0.15) is 162 Å². The molecule has 0 aromatic heterocycles. The fourth-order valence-corrected chi connectivity index (χ4v) is 8.07. The maximum Gasteiger partial charge on any atom is 0.312 e. The summed E-state index contributed by atoms with van der Waals surface area (Å²) >= 11 is 0. The molecule has 3 rings (SSSR count). The molecule has 3 saturated carbocycles. The molecule has 2 heteroatoms. The second kappa shape index (κ2) is 14.1. The normalized spacial score (nSPS) is 28.5. The van der Waals surface area contributed by atoms with Crippen LogP contribution in [0.5, 0.6) is 0 Å². The van der Waals surface area contributed by atoms with Crippen molar-refractivity contribution in [2.24, 2.45) is 22.7 Å². The molecular formula is C31H56O2.